The minimum Gasteiger partial charge on any atom is -0.444 e. The lowest BCUT2D eigenvalue weighted by atomic mass is 9.84. The van der Waals surface area contributed by atoms with Crippen LogP contribution in [0.25, 0.3) is 10.9 Å². The first-order valence-corrected chi connectivity index (χ1v) is 10.3. The van der Waals surface area contributed by atoms with Crippen molar-refractivity contribution in [1.29, 1.82) is 0 Å². The molecular weight excluding hydrogens is 451 g/mol. The molecule has 1 spiro atoms. The number of fused-ring (bicyclic) bond motifs is 1. The third-order valence-electron chi connectivity index (χ3n) is 5.33. The van der Waals surface area contributed by atoms with Crippen LogP contribution in [0.15, 0.2) is 16.6 Å². The van der Waals surface area contributed by atoms with Crippen LogP contribution in [-0.2, 0) is 4.74 Å². The molecule has 2 saturated heterocycles. The Hall–Kier alpha value is -1.67. The molecular formula is C19H21BrClFN4O2. The van der Waals surface area contributed by atoms with Gasteiger partial charge in [-0.05, 0) is 73.3 Å². The van der Waals surface area contributed by atoms with E-state index in [0.29, 0.717) is 35.3 Å². The number of amides is 1. The van der Waals surface area contributed by atoms with Crippen LogP contribution in [0.5, 0.6) is 0 Å². The molecule has 6 nitrogen and oxygen atoms in total. The Morgan fingerprint density at radius 1 is 1.29 bits per heavy atom. The summed E-state index contributed by atoms with van der Waals surface area (Å²) in [6.07, 6.45) is 1.41. The number of carbonyl (C=O) groups is 1. The topological polar surface area (TPSA) is 58.6 Å². The summed E-state index contributed by atoms with van der Waals surface area (Å²) in [6.45, 7) is 7.56. The summed E-state index contributed by atoms with van der Waals surface area (Å²) in [5.41, 5.74) is -0.629. The summed E-state index contributed by atoms with van der Waals surface area (Å²) in [4.78, 5) is 24.9. The molecule has 1 unspecified atom stereocenters. The fraction of sp³-hybridized carbons (Fsp3) is 0.526. The van der Waals surface area contributed by atoms with Crippen molar-refractivity contribution in [2.45, 2.75) is 44.8 Å². The first kappa shape index (κ1) is 19.6. The van der Waals surface area contributed by atoms with E-state index in [1.54, 1.807) is 17.0 Å². The number of hydrogen-bond donors (Lipinski definition) is 0. The Labute approximate surface area is 176 Å². The highest BCUT2D eigenvalue weighted by Gasteiger charge is 2.53. The molecule has 0 saturated carbocycles. The Balaban J connectivity index is 1.63. The van der Waals surface area contributed by atoms with Gasteiger partial charge in [-0.25, -0.2) is 14.2 Å². The Morgan fingerprint density at radius 2 is 2.00 bits per heavy atom. The second-order valence-electron chi connectivity index (χ2n) is 8.35. The van der Waals surface area contributed by atoms with E-state index in [2.05, 4.69) is 30.8 Å². The van der Waals surface area contributed by atoms with Gasteiger partial charge in [0.2, 0.25) is 5.28 Å². The number of benzene rings is 1. The van der Waals surface area contributed by atoms with Gasteiger partial charge in [-0.1, -0.05) is 0 Å². The predicted octanol–water partition coefficient (Wildman–Crippen LogP) is 4.77. The molecule has 3 heterocycles. The lowest BCUT2D eigenvalue weighted by molar-refractivity contribution is -0.0362. The van der Waals surface area contributed by atoms with Gasteiger partial charge in [0, 0.05) is 25.0 Å². The Kier molecular flexibility index (Phi) is 4.69. The maximum atomic E-state index is 14.5. The Morgan fingerprint density at radius 3 is 2.64 bits per heavy atom. The van der Waals surface area contributed by atoms with Gasteiger partial charge in [0.1, 0.15) is 16.9 Å². The number of likely N-dealkylation sites (tertiary alicyclic amines) is 1. The van der Waals surface area contributed by atoms with Gasteiger partial charge in [-0.3, -0.25) is 0 Å². The molecule has 1 aromatic heterocycles. The molecule has 150 valence electrons. The van der Waals surface area contributed by atoms with Gasteiger partial charge in [0.15, 0.2) is 5.82 Å². The maximum absolute atomic E-state index is 14.5. The molecule has 2 aliphatic heterocycles. The van der Waals surface area contributed by atoms with E-state index in [1.165, 1.54) is 0 Å². The Bertz CT molecular complexity index is 967. The fourth-order valence-electron chi connectivity index (χ4n) is 3.94. The van der Waals surface area contributed by atoms with Gasteiger partial charge < -0.3 is 14.5 Å². The summed E-state index contributed by atoms with van der Waals surface area (Å²) in [7, 11) is 0. The molecule has 9 heteroatoms. The highest BCUT2D eigenvalue weighted by Crippen LogP contribution is 2.42. The average Bonchev–Trinajstić information content (AvgIpc) is 3.03. The lowest BCUT2D eigenvalue weighted by Gasteiger charge is -2.50. The number of aromatic nitrogens is 2. The number of carbonyl (C=O) groups excluding carboxylic acids is 1. The number of halogens is 3. The van der Waals surface area contributed by atoms with Crippen LogP contribution in [0.2, 0.25) is 5.28 Å². The zero-order chi connectivity index (χ0) is 20.3. The minimum absolute atomic E-state index is 0.00180. The zero-order valence-electron chi connectivity index (χ0n) is 15.9. The third kappa shape index (κ3) is 3.30. The monoisotopic (exact) mass is 470 g/mol. The number of hydrogen-bond acceptors (Lipinski definition) is 5. The van der Waals surface area contributed by atoms with Crippen molar-refractivity contribution >= 4 is 50.3 Å². The summed E-state index contributed by atoms with van der Waals surface area (Å²) >= 11 is 9.27. The molecule has 1 amide bonds. The van der Waals surface area contributed by atoms with E-state index in [9.17, 15) is 9.18 Å². The molecule has 0 bridgehead atoms. The van der Waals surface area contributed by atoms with Crippen LogP contribution < -0.4 is 4.90 Å². The molecule has 1 aromatic carbocycles. The second kappa shape index (κ2) is 6.69. The number of ether oxygens (including phenoxy) is 1. The van der Waals surface area contributed by atoms with E-state index in [1.807, 2.05) is 20.8 Å². The fourth-order valence-corrected chi connectivity index (χ4v) is 4.42. The summed E-state index contributed by atoms with van der Waals surface area (Å²) < 4.78 is 20.4. The minimum atomic E-state index is -0.534. The maximum Gasteiger partial charge on any atom is 0.410 e. The number of anilines is 1. The first-order valence-electron chi connectivity index (χ1n) is 9.16. The van der Waals surface area contributed by atoms with E-state index >= 15 is 0 Å². The van der Waals surface area contributed by atoms with Crippen LogP contribution in [0.3, 0.4) is 0 Å². The number of rotatable bonds is 1. The van der Waals surface area contributed by atoms with Crippen LogP contribution in [-0.4, -0.2) is 51.7 Å². The smallest absolute Gasteiger partial charge is 0.410 e. The molecule has 2 aliphatic rings. The first-order chi connectivity index (χ1) is 13.1. The molecule has 1 atom stereocenters. The van der Waals surface area contributed by atoms with Crippen molar-refractivity contribution in [2.75, 3.05) is 24.5 Å². The van der Waals surface area contributed by atoms with Crippen LogP contribution in [0, 0.1) is 5.82 Å². The van der Waals surface area contributed by atoms with Crippen LogP contribution >= 0.6 is 27.5 Å². The van der Waals surface area contributed by atoms with Crippen molar-refractivity contribution in [3.8, 4) is 0 Å². The normalized spacial score (nSPS) is 22.1. The zero-order valence-corrected chi connectivity index (χ0v) is 18.3. The van der Waals surface area contributed by atoms with Crippen molar-refractivity contribution in [2.24, 2.45) is 0 Å². The largest absolute Gasteiger partial charge is 0.444 e. The summed E-state index contributed by atoms with van der Waals surface area (Å²) in [6, 6.07) is 3.42. The molecule has 0 aliphatic carbocycles. The van der Waals surface area contributed by atoms with Crippen LogP contribution in [0.4, 0.5) is 15.0 Å². The summed E-state index contributed by atoms with van der Waals surface area (Å²) in [5.74, 6) is 0.130. The number of nitrogens with zero attached hydrogens (tertiary/aromatic N) is 4. The highest BCUT2D eigenvalue weighted by atomic mass is 79.9. The van der Waals surface area contributed by atoms with Crippen molar-refractivity contribution < 1.29 is 13.9 Å². The molecule has 28 heavy (non-hydrogen) atoms. The summed E-state index contributed by atoms with van der Waals surface area (Å²) in [5, 5.41) is 0.600. The standard InChI is InChI=1S/C19H21BrClFN4O2/c1-18(2,3)28-17(27)26-9-7-19(26)6-8-25(10-19)15-11-4-5-12(20)13(22)14(11)23-16(21)24-15/h4-5H,6-10H2,1-3H3. The van der Waals surface area contributed by atoms with Crippen molar-refractivity contribution in [1.82, 2.24) is 14.9 Å². The van der Waals surface area contributed by atoms with Gasteiger partial charge in [-0.2, -0.15) is 4.98 Å². The average molecular weight is 472 g/mol. The SMILES string of the molecule is CC(C)(C)OC(=O)N1CCC12CCN(c1nc(Cl)nc3c(F)c(Br)ccc13)C2. The van der Waals surface area contributed by atoms with E-state index in [4.69, 9.17) is 16.3 Å². The van der Waals surface area contributed by atoms with Gasteiger partial charge in [-0.15, -0.1) is 0 Å². The van der Waals surface area contributed by atoms with Gasteiger partial charge in [0.25, 0.3) is 0 Å². The molecule has 0 radical (unpaired) electrons. The third-order valence-corrected chi connectivity index (χ3v) is 6.11. The van der Waals surface area contributed by atoms with Crippen molar-refractivity contribution in [3.05, 3.63) is 27.7 Å². The van der Waals surface area contributed by atoms with E-state index in [-0.39, 0.29) is 22.4 Å². The quantitative estimate of drug-likeness (QED) is 0.561. The highest BCUT2D eigenvalue weighted by molar-refractivity contribution is 9.10. The van der Waals surface area contributed by atoms with Crippen LogP contribution in [0.1, 0.15) is 33.6 Å². The second-order valence-corrected chi connectivity index (χ2v) is 9.54. The van der Waals surface area contributed by atoms with Gasteiger partial charge in [0.05, 0.1) is 10.0 Å². The van der Waals surface area contributed by atoms with E-state index < -0.39 is 11.4 Å². The van der Waals surface area contributed by atoms with E-state index in [0.717, 1.165) is 12.8 Å². The predicted molar refractivity (Wildman–Crippen MR) is 109 cm³/mol. The molecule has 4 rings (SSSR count). The molecule has 2 aromatic rings. The van der Waals surface area contributed by atoms with Gasteiger partial charge >= 0.3 is 6.09 Å². The lowest BCUT2D eigenvalue weighted by Crippen LogP contribution is -2.64. The molecule has 2 fully saturated rings. The molecule has 0 N–H and O–H groups in total. The van der Waals surface area contributed by atoms with Crippen molar-refractivity contribution in [3.63, 3.8) is 0 Å².